The van der Waals surface area contributed by atoms with Crippen LogP contribution in [0.4, 0.5) is 0 Å². The summed E-state index contributed by atoms with van der Waals surface area (Å²) in [7, 11) is -3.47. The monoisotopic (exact) mass is 377 g/mol. The average Bonchev–Trinajstić information content (AvgIpc) is 2.67. The van der Waals surface area contributed by atoms with Crippen molar-refractivity contribution in [1.29, 1.82) is 0 Å². The molecule has 0 aliphatic carbocycles. The lowest BCUT2D eigenvalue weighted by Crippen LogP contribution is -2.40. The highest BCUT2D eigenvalue weighted by Gasteiger charge is 2.26. The van der Waals surface area contributed by atoms with Gasteiger partial charge in [0, 0.05) is 13.1 Å². The lowest BCUT2D eigenvalue weighted by molar-refractivity contribution is 0.0730. The molecule has 0 atom stereocenters. The zero-order chi connectivity index (χ0) is 18.4. The van der Waals surface area contributed by atoms with Gasteiger partial charge in [0.15, 0.2) is 0 Å². The minimum absolute atomic E-state index is 0.267. The largest absolute Gasteiger partial charge is 0.490 e. The molecule has 140 valence electrons. The number of rotatable bonds is 7. The van der Waals surface area contributed by atoms with Gasteiger partial charge in [-0.3, -0.25) is 0 Å². The van der Waals surface area contributed by atoms with Gasteiger partial charge >= 0.3 is 0 Å². The number of morpholine rings is 1. The van der Waals surface area contributed by atoms with E-state index in [-0.39, 0.29) is 4.90 Å². The van der Waals surface area contributed by atoms with Crippen molar-refractivity contribution in [3.05, 3.63) is 54.1 Å². The Bertz CT molecular complexity index is 814. The second-order valence-corrected chi connectivity index (χ2v) is 7.89. The lowest BCUT2D eigenvalue weighted by Gasteiger charge is -2.26. The van der Waals surface area contributed by atoms with Gasteiger partial charge in [0.2, 0.25) is 10.0 Å². The van der Waals surface area contributed by atoms with Crippen LogP contribution >= 0.6 is 0 Å². The van der Waals surface area contributed by atoms with E-state index in [0.29, 0.717) is 45.3 Å². The van der Waals surface area contributed by atoms with Crippen molar-refractivity contribution in [2.24, 2.45) is 0 Å². The molecular weight excluding hydrogens is 354 g/mol. The number of ether oxygens (including phenoxy) is 3. The van der Waals surface area contributed by atoms with E-state index in [1.807, 2.05) is 31.2 Å². The Hall–Kier alpha value is -2.09. The Kier molecular flexibility index (Phi) is 6.13. The summed E-state index contributed by atoms with van der Waals surface area (Å²) in [5.41, 5.74) is 1.07. The predicted octanol–water partition coefficient (Wildman–Crippen LogP) is 2.47. The van der Waals surface area contributed by atoms with Crippen molar-refractivity contribution in [3.8, 4) is 11.5 Å². The Morgan fingerprint density at radius 1 is 0.962 bits per heavy atom. The summed E-state index contributed by atoms with van der Waals surface area (Å²) in [6.07, 6.45) is 0. The molecule has 2 aromatic carbocycles. The summed E-state index contributed by atoms with van der Waals surface area (Å²) in [6.45, 7) is 4.42. The average molecular weight is 377 g/mol. The molecule has 1 fully saturated rings. The van der Waals surface area contributed by atoms with E-state index in [9.17, 15) is 8.42 Å². The summed E-state index contributed by atoms with van der Waals surface area (Å²) in [6, 6.07) is 14.3. The fourth-order valence-electron chi connectivity index (χ4n) is 2.67. The molecule has 26 heavy (non-hydrogen) atoms. The zero-order valence-electron chi connectivity index (χ0n) is 14.8. The molecule has 0 aromatic heterocycles. The molecule has 0 amide bonds. The Morgan fingerprint density at radius 2 is 1.62 bits per heavy atom. The van der Waals surface area contributed by atoms with Crippen molar-refractivity contribution in [3.63, 3.8) is 0 Å². The molecule has 0 radical (unpaired) electrons. The van der Waals surface area contributed by atoms with Crippen molar-refractivity contribution in [2.75, 3.05) is 39.5 Å². The van der Waals surface area contributed by atoms with Crippen LogP contribution in [0.2, 0.25) is 0 Å². The van der Waals surface area contributed by atoms with Gasteiger partial charge in [-0.1, -0.05) is 18.2 Å². The second kappa shape index (κ2) is 8.53. The van der Waals surface area contributed by atoms with Crippen molar-refractivity contribution in [1.82, 2.24) is 4.31 Å². The normalized spacial score (nSPS) is 15.6. The second-order valence-electron chi connectivity index (χ2n) is 5.95. The van der Waals surface area contributed by atoms with Gasteiger partial charge in [-0.15, -0.1) is 0 Å². The zero-order valence-corrected chi connectivity index (χ0v) is 15.6. The number of sulfonamides is 1. The van der Waals surface area contributed by atoms with E-state index in [1.165, 1.54) is 4.31 Å². The number of aryl methyl sites for hydroxylation is 1. The molecule has 1 aliphatic heterocycles. The van der Waals surface area contributed by atoms with E-state index in [2.05, 4.69) is 0 Å². The summed E-state index contributed by atoms with van der Waals surface area (Å²) in [5, 5.41) is 0. The van der Waals surface area contributed by atoms with Crippen LogP contribution in [-0.2, 0) is 14.8 Å². The quantitative estimate of drug-likeness (QED) is 0.694. The first-order chi connectivity index (χ1) is 12.6. The molecule has 0 unspecified atom stereocenters. The van der Waals surface area contributed by atoms with Gasteiger partial charge in [-0.2, -0.15) is 4.31 Å². The maximum atomic E-state index is 12.6. The topological polar surface area (TPSA) is 65.1 Å². The van der Waals surface area contributed by atoms with E-state index < -0.39 is 10.0 Å². The first-order valence-electron chi connectivity index (χ1n) is 8.56. The number of benzene rings is 2. The van der Waals surface area contributed by atoms with Crippen LogP contribution in [-0.4, -0.2) is 52.2 Å². The van der Waals surface area contributed by atoms with Crippen LogP contribution in [0.25, 0.3) is 0 Å². The molecule has 1 aliphatic rings. The first-order valence-corrected chi connectivity index (χ1v) is 10.0. The standard InChI is InChI=1S/C19H23NO5S/c1-16-4-2-3-5-19(16)25-15-14-24-17-6-8-18(9-7-17)26(21,22)20-10-12-23-13-11-20/h2-9H,10-15H2,1H3. The molecule has 1 heterocycles. The highest BCUT2D eigenvalue weighted by atomic mass is 32.2. The van der Waals surface area contributed by atoms with Crippen LogP contribution in [0.3, 0.4) is 0 Å². The number of hydrogen-bond donors (Lipinski definition) is 0. The smallest absolute Gasteiger partial charge is 0.243 e. The molecule has 6 nitrogen and oxygen atoms in total. The summed E-state index contributed by atoms with van der Waals surface area (Å²) in [5.74, 6) is 1.45. The maximum absolute atomic E-state index is 12.6. The van der Waals surface area contributed by atoms with Crippen LogP contribution in [0.1, 0.15) is 5.56 Å². The van der Waals surface area contributed by atoms with E-state index >= 15 is 0 Å². The maximum Gasteiger partial charge on any atom is 0.243 e. The van der Waals surface area contributed by atoms with Crippen LogP contribution in [0, 0.1) is 6.92 Å². The van der Waals surface area contributed by atoms with Gasteiger partial charge in [-0.25, -0.2) is 8.42 Å². The van der Waals surface area contributed by atoms with Crippen LogP contribution < -0.4 is 9.47 Å². The van der Waals surface area contributed by atoms with Crippen molar-refractivity contribution in [2.45, 2.75) is 11.8 Å². The molecular formula is C19H23NO5S. The third-order valence-electron chi connectivity index (χ3n) is 4.13. The third kappa shape index (κ3) is 4.55. The summed E-state index contributed by atoms with van der Waals surface area (Å²) in [4.78, 5) is 0.267. The molecule has 0 spiro atoms. The molecule has 1 saturated heterocycles. The highest BCUT2D eigenvalue weighted by Crippen LogP contribution is 2.21. The van der Waals surface area contributed by atoms with Crippen molar-refractivity contribution < 1.29 is 22.6 Å². The van der Waals surface area contributed by atoms with E-state index in [0.717, 1.165) is 11.3 Å². The Balaban J connectivity index is 1.52. The summed E-state index contributed by atoms with van der Waals surface area (Å²) >= 11 is 0. The highest BCUT2D eigenvalue weighted by molar-refractivity contribution is 7.89. The van der Waals surface area contributed by atoms with Gasteiger partial charge in [0.1, 0.15) is 24.7 Å². The van der Waals surface area contributed by atoms with E-state index in [1.54, 1.807) is 24.3 Å². The third-order valence-corrected chi connectivity index (χ3v) is 6.05. The van der Waals surface area contributed by atoms with Gasteiger partial charge in [0.25, 0.3) is 0 Å². The molecule has 2 aromatic rings. The fourth-order valence-corrected chi connectivity index (χ4v) is 4.08. The van der Waals surface area contributed by atoms with Crippen LogP contribution in [0.5, 0.6) is 11.5 Å². The number of nitrogens with zero attached hydrogens (tertiary/aromatic N) is 1. The summed E-state index contributed by atoms with van der Waals surface area (Å²) < 4.78 is 43.1. The molecule has 0 bridgehead atoms. The molecule has 7 heteroatoms. The SMILES string of the molecule is Cc1ccccc1OCCOc1ccc(S(=O)(=O)N2CCOCC2)cc1. The fraction of sp³-hybridized carbons (Fsp3) is 0.368. The number of hydrogen-bond acceptors (Lipinski definition) is 5. The van der Waals surface area contributed by atoms with E-state index in [4.69, 9.17) is 14.2 Å². The van der Waals surface area contributed by atoms with Gasteiger partial charge < -0.3 is 14.2 Å². The predicted molar refractivity (Wildman–Crippen MR) is 98.2 cm³/mol. The van der Waals surface area contributed by atoms with Crippen molar-refractivity contribution >= 4 is 10.0 Å². The minimum Gasteiger partial charge on any atom is -0.490 e. The molecule has 0 saturated carbocycles. The first kappa shape index (κ1) is 18.7. The number of para-hydroxylation sites is 1. The molecule has 0 N–H and O–H groups in total. The molecule has 3 rings (SSSR count). The minimum atomic E-state index is -3.47. The van der Waals surface area contributed by atoms with Gasteiger partial charge in [-0.05, 0) is 42.8 Å². The van der Waals surface area contributed by atoms with Crippen LogP contribution in [0.15, 0.2) is 53.4 Å². The van der Waals surface area contributed by atoms with Gasteiger partial charge in [0.05, 0.1) is 18.1 Å². The Morgan fingerprint density at radius 3 is 2.31 bits per heavy atom. The Labute approximate surface area is 154 Å². The lowest BCUT2D eigenvalue weighted by atomic mass is 10.2.